The Morgan fingerprint density at radius 3 is 2.67 bits per heavy atom. The average Bonchev–Trinajstić information content (AvgIpc) is 2.05. The molecule has 0 aliphatic heterocycles. The van der Waals surface area contributed by atoms with Crippen LogP contribution in [-0.2, 0) is 0 Å². The maximum absolute atomic E-state index is 12.0. The average molecular weight is 196 g/mol. The van der Waals surface area contributed by atoms with Gasteiger partial charge < -0.3 is 5.32 Å². The monoisotopic (exact) mass is 195 g/mol. The van der Waals surface area contributed by atoms with E-state index in [1.807, 2.05) is 0 Å². The molecule has 68 valence electrons. The summed E-state index contributed by atoms with van der Waals surface area (Å²) in [5.41, 5.74) is -0.260. The highest BCUT2D eigenvalue weighted by Gasteiger charge is 2.08. The van der Waals surface area contributed by atoms with Gasteiger partial charge in [-0.3, -0.25) is 0 Å². The summed E-state index contributed by atoms with van der Waals surface area (Å²) in [6.45, 7) is 0. The van der Waals surface area contributed by atoms with E-state index in [0.717, 1.165) is 0 Å². The van der Waals surface area contributed by atoms with Gasteiger partial charge in [-0.05, 0) is 6.07 Å². The van der Waals surface area contributed by atoms with Gasteiger partial charge in [-0.1, -0.05) is 0 Å². The van der Waals surface area contributed by atoms with Gasteiger partial charge in [0.05, 0.1) is 0 Å². The predicted octanol–water partition coefficient (Wildman–Crippen LogP) is 1.88. The molecule has 3 nitrogen and oxygen atoms in total. The fraction of sp³-hybridized carbons (Fsp3) is 0.333. The first kappa shape index (κ1) is 11.0. The summed E-state index contributed by atoms with van der Waals surface area (Å²) >= 11 is 0. The summed E-state index contributed by atoms with van der Waals surface area (Å²) in [5, 5.41) is 2.57. The number of rotatable bonds is 2. The summed E-state index contributed by atoms with van der Waals surface area (Å²) in [4.78, 5) is 7.20. The Kier molecular flexibility index (Phi) is 4.43. The first-order chi connectivity index (χ1) is 5.24. The minimum absolute atomic E-state index is 0. The lowest BCUT2D eigenvalue weighted by molar-refractivity contribution is 0.146. The third kappa shape index (κ3) is 2.58. The van der Waals surface area contributed by atoms with E-state index >= 15 is 0 Å². The van der Waals surface area contributed by atoms with Crippen LogP contribution in [0.25, 0.3) is 0 Å². The van der Waals surface area contributed by atoms with E-state index in [4.69, 9.17) is 0 Å². The highest BCUT2D eigenvalue weighted by atomic mass is 35.5. The second kappa shape index (κ2) is 4.82. The zero-order valence-electron chi connectivity index (χ0n) is 6.29. The van der Waals surface area contributed by atoms with Gasteiger partial charge in [0, 0.05) is 13.2 Å². The molecule has 0 aliphatic carbocycles. The Labute approximate surface area is 74.6 Å². The molecule has 1 heterocycles. The Morgan fingerprint density at radius 2 is 2.17 bits per heavy atom. The Morgan fingerprint density at radius 1 is 1.50 bits per heavy atom. The highest BCUT2D eigenvalue weighted by molar-refractivity contribution is 5.85. The van der Waals surface area contributed by atoms with Crippen LogP contribution >= 0.6 is 12.4 Å². The van der Waals surface area contributed by atoms with Crippen LogP contribution in [0.15, 0.2) is 12.3 Å². The number of nitrogens with one attached hydrogen (secondary N) is 1. The fourth-order valence-electron chi connectivity index (χ4n) is 0.615. The largest absolute Gasteiger partial charge is 0.357 e. The number of aromatic nitrogens is 2. The Bertz CT molecular complexity index is 244. The van der Waals surface area contributed by atoms with Crippen LogP contribution in [-0.4, -0.2) is 17.0 Å². The van der Waals surface area contributed by atoms with Crippen molar-refractivity contribution in [2.75, 3.05) is 12.4 Å². The van der Waals surface area contributed by atoms with Gasteiger partial charge in [0.15, 0.2) is 0 Å². The molecule has 0 amide bonds. The standard InChI is InChI=1S/C6H7F2N3.ClH/c1-9-6-10-3-2-4(11-6)5(7)8;/h2-3,5H,1H3,(H,9,10,11);1H. The third-order valence-corrected chi connectivity index (χ3v) is 1.12. The first-order valence-corrected chi connectivity index (χ1v) is 3.03. The summed E-state index contributed by atoms with van der Waals surface area (Å²) in [7, 11) is 1.57. The van der Waals surface area contributed by atoms with Crippen molar-refractivity contribution in [1.82, 2.24) is 9.97 Å². The van der Waals surface area contributed by atoms with Gasteiger partial charge in [0.25, 0.3) is 6.43 Å². The van der Waals surface area contributed by atoms with E-state index in [-0.39, 0.29) is 24.0 Å². The van der Waals surface area contributed by atoms with Gasteiger partial charge >= 0.3 is 0 Å². The number of hydrogen-bond acceptors (Lipinski definition) is 3. The van der Waals surface area contributed by atoms with Crippen LogP contribution in [0.5, 0.6) is 0 Å². The molecule has 1 rings (SSSR count). The molecule has 1 aromatic rings. The summed E-state index contributed by atoms with van der Waals surface area (Å²) in [6.07, 6.45) is -1.24. The van der Waals surface area contributed by atoms with E-state index < -0.39 is 6.43 Å². The zero-order valence-corrected chi connectivity index (χ0v) is 7.11. The molecule has 0 saturated heterocycles. The molecule has 1 aromatic heterocycles. The smallest absolute Gasteiger partial charge is 0.280 e. The quantitative estimate of drug-likeness (QED) is 0.783. The van der Waals surface area contributed by atoms with Crippen LogP contribution < -0.4 is 5.32 Å². The van der Waals surface area contributed by atoms with Crippen LogP contribution in [0, 0.1) is 0 Å². The first-order valence-electron chi connectivity index (χ1n) is 3.03. The molecule has 0 unspecified atom stereocenters. The zero-order chi connectivity index (χ0) is 8.27. The van der Waals surface area contributed by atoms with Crippen molar-refractivity contribution in [3.63, 3.8) is 0 Å². The van der Waals surface area contributed by atoms with Crippen molar-refractivity contribution in [2.45, 2.75) is 6.43 Å². The van der Waals surface area contributed by atoms with Gasteiger partial charge in [0.1, 0.15) is 5.69 Å². The molecule has 0 aliphatic rings. The van der Waals surface area contributed by atoms with Crippen LogP contribution in [0.3, 0.4) is 0 Å². The molecule has 0 spiro atoms. The SMILES string of the molecule is CNc1nccc(C(F)F)n1.Cl. The molecule has 0 aromatic carbocycles. The molecule has 12 heavy (non-hydrogen) atoms. The van der Waals surface area contributed by atoms with Gasteiger partial charge in [0.2, 0.25) is 5.95 Å². The summed E-state index contributed by atoms with van der Waals surface area (Å²) in [5.74, 6) is 0.211. The van der Waals surface area contributed by atoms with Gasteiger partial charge in [-0.25, -0.2) is 18.7 Å². The lowest BCUT2D eigenvalue weighted by Crippen LogP contribution is -1.98. The number of nitrogens with zero attached hydrogens (tertiary/aromatic N) is 2. The van der Waals surface area contributed by atoms with Gasteiger partial charge in [-0.2, -0.15) is 0 Å². The molecule has 0 fully saturated rings. The lowest BCUT2D eigenvalue weighted by Gasteiger charge is -2.00. The molecular formula is C6H8ClF2N3. The number of alkyl halides is 2. The normalized spacial score (nSPS) is 9.33. The number of halogens is 3. The molecule has 0 bridgehead atoms. The van der Waals surface area contributed by atoms with Crippen LogP contribution in [0.1, 0.15) is 12.1 Å². The van der Waals surface area contributed by atoms with Crippen molar-refractivity contribution in [3.8, 4) is 0 Å². The summed E-state index contributed by atoms with van der Waals surface area (Å²) in [6, 6.07) is 1.19. The van der Waals surface area contributed by atoms with E-state index in [9.17, 15) is 8.78 Å². The van der Waals surface area contributed by atoms with Crippen molar-refractivity contribution in [2.24, 2.45) is 0 Å². The third-order valence-electron chi connectivity index (χ3n) is 1.12. The van der Waals surface area contributed by atoms with E-state index in [0.29, 0.717) is 0 Å². The molecule has 1 N–H and O–H groups in total. The molecule has 0 saturated carbocycles. The number of hydrogen-bond donors (Lipinski definition) is 1. The van der Waals surface area contributed by atoms with Crippen molar-refractivity contribution >= 4 is 18.4 Å². The molecule has 0 radical (unpaired) electrons. The molecular weight excluding hydrogens is 188 g/mol. The fourth-order valence-corrected chi connectivity index (χ4v) is 0.615. The predicted molar refractivity (Wildman–Crippen MR) is 43.8 cm³/mol. The van der Waals surface area contributed by atoms with Gasteiger partial charge in [-0.15, -0.1) is 12.4 Å². The van der Waals surface area contributed by atoms with Crippen LogP contribution in [0.2, 0.25) is 0 Å². The molecule has 0 atom stereocenters. The van der Waals surface area contributed by atoms with E-state index in [2.05, 4.69) is 15.3 Å². The Balaban J connectivity index is 0.00000121. The van der Waals surface area contributed by atoms with E-state index in [1.54, 1.807) is 7.05 Å². The lowest BCUT2D eigenvalue weighted by atomic mass is 10.4. The van der Waals surface area contributed by atoms with E-state index in [1.165, 1.54) is 12.3 Å². The second-order valence-corrected chi connectivity index (χ2v) is 1.86. The maximum atomic E-state index is 12.0. The highest BCUT2D eigenvalue weighted by Crippen LogP contribution is 2.15. The number of anilines is 1. The van der Waals surface area contributed by atoms with Crippen LogP contribution in [0.4, 0.5) is 14.7 Å². The minimum atomic E-state index is -2.54. The minimum Gasteiger partial charge on any atom is -0.357 e. The van der Waals surface area contributed by atoms with Crippen molar-refractivity contribution < 1.29 is 8.78 Å². The van der Waals surface area contributed by atoms with Crippen molar-refractivity contribution in [3.05, 3.63) is 18.0 Å². The topological polar surface area (TPSA) is 37.8 Å². The maximum Gasteiger partial charge on any atom is 0.280 e. The summed E-state index contributed by atoms with van der Waals surface area (Å²) < 4.78 is 23.9. The second-order valence-electron chi connectivity index (χ2n) is 1.86. The van der Waals surface area contributed by atoms with Crippen molar-refractivity contribution in [1.29, 1.82) is 0 Å². The molecule has 6 heteroatoms. The Hall–Kier alpha value is -0.970.